The van der Waals surface area contributed by atoms with Crippen LogP contribution in [-0.2, 0) is 0 Å². The third kappa shape index (κ3) is 4.27. The van der Waals surface area contributed by atoms with Gasteiger partial charge in [0.05, 0.1) is 0 Å². The van der Waals surface area contributed by atoms with Gasteiger partial charge in [-0.3, -0.25) is 0 Å². The van der Waals surface area contributed by atoms with Crippen molar-refractivity contribution in [1.29, 1.82) is 0 Å². The zero-order valence-electron chi connectivity index (χ0n) is 6.93. The van der Waals surface area contributed by atoms with Gasteiger partial charge >= 0.3 is 0 Å². The van der Waals surface area contributed by atoms with E-state index >= 15 is 0 Å². The molecule has 0 saturated carbocycles. The van der Waals surface area contributed by atoms with Crippen molar-refractivity contribution in [2.45, 2.75) is 26.4 Å². The highest BCUT2D eigenvalue weighted by Gasteiger charge is 2.18. The molecule has 0 bridgehead atoms. The summed E-state index contributed by atoms with van der Waals surface area (Å²) in [4.78, 5) is 1.76. The summed E-state index contributed by atoms with van der Waals surface area (Å²) >= 11 is 0. The first-order valence-electron chi connectivity index (χ1n) is 3.80. The van der Waals surface area contributed by atoms with Gasteiger partial charge in [0.25, 0.3) is 6.43 Å². The van der Waals surface area contributed by atoms with Crippen molar-refractivity contribution in [3.05, 3.63) is 0 Å². The molecule has 0 aromatic rings. The van der Waals surface area contributed by atoms with E-state index in [0.29, 0.717) is 13.1 Å². The molecule has 0 aromatic carbocycles. The summed E-state index contributed by atoms with van der Waals surface area (Å²) in [6.45, 7) is 5.20. The average molecular weight is 167 g/mol. The highest BCUT2D eigenvalue weighted by atomic mass is 19.3. The third-order valence-electron chi connectivity index (χ3n) is 1.63. The number of nitrogens with zero attached hydrogens (tertiary/aromatic N) is 1. The Morgan fingerprint density at radius 1 is 1.27 bits per heavy atom. The fourth-order valence-electron chi connectivity index (χ4n) is 0.826. The molecule has 0 aliphatic rings. The van der Waals surface area contributed by atoms with Gasteiger partial charge in [-0.05, 0) is 13.1 Å². The molecule has 0 spiro atoms. The van der Waals surface area contributed by atoms with Crippen molar-refractivity contribution >= 4 is 0 Å². The van der Waals surface area contributed by atoms with Crippen LogP contribution in [0, 0.1) is 0 Å². The molecule has 0 radical (unpaired) electrons. The third-order valence-corrected chi connectivity index (χ3v) is 1.63. The van der Waals surface area contributed by atoms with E-state index in [-0.39, 0.29) is 6.54 Å². The molecule has 2 nitrogen and oxygen atoms in total. The fraction of sp³-hybridized carbons (Fsp3) is 1.00. The zero-order valence-corrected chi connectivity index (χ0v) is 6.93. The molecule has 0 heterocycles. The smallest absolute Gasteiger partial charge is 0.265 e. The molecule has 0 saturated heterocycles. The van der Waals surface area contributed by atoms with Crippen molar-refractivity contribution in [2.24, 2.45) is 0 Å². The van der Waals surface area contributed by atoms with Crippen molar-refractivity contribution in [2.75, 3.05) is 19.6 Å². The summed E-state index contributed by atoms with van der Waals surface area (Å²) in [5, 5.41) is 8.77. The van der Waals surface area contributed by atoms with E-state index < -0.39 is 12.5 Å². The molecule has 11 heavy (non-hydrogen) atoms. The Balaban J connectivity index is 3.62. The topological polar surface area (TPSA) is 23.5 Å². The highest BCUT2D eigenvalue weighted by molar-refractivity contribution is 4.63. The summed E-state index contributed by atoms with van der Waals surface area (Å²) in [5.41, 5.74) is 0. The molecule has 1 atom stereocenters. The Morgan fingerprint density at radius 2 is 1.73 bits per heavy atom. The fourth-order valence-corrected chi connectivity index (χ4v) is 0.826. The Kier molecular flexibility index (Phi) is 5.32. The van der Waals surface area contributed by atoms with E-state index in [9.17, 15) is 8.78 Å². The number of aliphatic hydroxyl groups is 1. The Hall–Kier alpha value is -0.220. The van der Waals surface area contributed by atoms with Gasteiger partial charge in [-0.1, -0.05) is 13.8 Å². The van der Waals surface area contributed by atoms with Crippen LogP contribution in [-0.4, -0.2) is 42.2 Å². The van der Waals surface area contributed by atoms with E-state index in [0.717, 1.165) is 0 Å². The molecule has 1 N–H and O–H groups in total. The van der Waals surface area contributed by atoms with Crippen molar-refractivity contribution in [3.8, 4) is 0 Å². The average Bonchev–Trinajstić information content (AvgIpc) is 1.99. The predicted molar refractivity (Wildman–Crippen MR) is 39.8 cm³/mol. The summed E-state index contributed by atoms with van der Waals surface area (Å²) in [5.74, 6) is 0. The maximum Gasteiger partial charge on any atom is 0.265 e. The second-order valence-electron chi connectivity index (χ2n) is 2.39. The number of alkyl halides is 2. The summed E-state index contributed by atoms with van der Waals surface area (Å²) in [7, 11) is 0. The van der Waals surface area contributed by atoms with Crippen molar-refractivity contribution in [1.82, 2.24) is 4.90 Å². The minimum atomic E-state index is -2.63. The molecule has 0 rings (SSSR count). The number of aliphatic hydroxyl groups excluding tert-OH is 1. The van der Waals surface area contributed by atoms with E-state index in [1.54, 1.807) is 4.90 Å². The van der Waals surface area contributed by atoms with Crippen LogP contribution in [0.25, 0.3) is 0 Å². The molecular formula is C7H15F2NO. The quantitative estimate of drug-likeness (QED) is 0.659. The van der Waals surface area contributed by atoms with E-state index in [1.165, 1.54) is 0 Å². The van der Waals surface area contributed by atoms with Crippen LogP contribution in [0.5, 0.6) is 0 Å². The number of hydrogen-bond donors (Lipinski definition) is 1. The van der Waals surface area contributed by atoms with Crippen LogP contribution >= 0.6 is 0 Å². The minimum absolute atomic E-state index is 0.0602. The van der Waals surface area contributed by atoms with Gasteiger partial charge < -0.3 is 10.0 Å². The second kappa shape index (κ2) is 5.43. The molecule has 0 fully saturated rings. The first-order valence-corrected chi connectivity index (χ1v) is 3.80. The molecular weight excluding hydrogens is 152 g/mol. The summed E-state index contributed by atoms with van der Waals surface area (Å²) < 4.78 is 23.6. The maximum absolute atomic E-state index is 11.8. The second-order valence-corrected chi connectivity index (χ2v) is 2.39. The lowest BCUT2D eigenvalue weighted by atomic mass is 10.3. The zero-order chi connectivity index (χ0) is 8.85. The van der Waals surface area contributed by atoms with Crippen LogP contribution in [0.3, 0.4) is 0 Å². The van der Waals surface area contributed by atoms with Gasteiger partial charge in [-0.15, -0.1) is 0 Å². The van der Waals surface area contributed by atoms with Crippen LogP contribution in [0.2, 0.25) is 0 Å². The number of halogens is 2. The van der Waals surface area contributed by atoms with Crippen LogP contribution in [0.1, 0.15) is 13.8 Å². The lowest BCUT2D eigenvalue weighted by Crippen LogP contribution is -2.35. The molecule has 0 aliphatic heterocycles. The molecule has 4 heteroatoms. The normalized spacial score (nSPS) is 14.5. The van der Waals surface area contributed by atoms with E-state index in [4.69, 9.17) is 5.11 Å². The first kappa shape index (κ1) is 10.8. The molecule has 68 valence electrons. The highest BCUT2D eigenvalue weighted by Crippen LogP contribution is 2.02. The maximum atomic E-state index is 11.8. The van der Waals surface area contributed by atoms with Crippen LogP contribution in [0.4, 0.5) is 8.78 Å². The summed E-state index contributed by atoms with van der Waals surface area (Å²) in [6, 6.07) is 0. The molecule has 0 amide bonds. The van der Waals surface area contributed by atoms with Gasteiger partial charge in [0.15, 0.2) is 0 Å². The predicted octanol–water partition coefficient (Wildman–Crippen LogP) is 0.954. The van der Waals surface area contributed by atoms with Crippen LogP contribution in [0.15, 0.2) is 0 Å². The van der Waals surface area contributed by atoms with Gasteiger partial charge in [0.1, 0.15) is 6.10 Å². The molecule has 0 aliphatic carbocycles. The number of likely N-dealkylation sites (N-methyl/N-ethyl adjacent to an activating group) is 1. The standard InChI is InChI=1S/C7H15F2NO/c1-3-10(4-2)5-6(11)7(8)9/h6-7,11H,3-5H2,1-2H3. The SMILES string of the molecule is CCN(CC)CC(O)C(F)F. The lowest BCUT2D eigenvalue weighted by molar-refractivity contribution is -0.0218. The Morgan fingerprint density at radius 3 is 2.00 bits per heavy atom. The van der Waals surface area contributed by atoms with Crippen molar-refractivity contribution < 1.29 is 13.9 Å². The Bertz CT molecular complexity index is 96.4. The van der Waals surface area contributed by atoms with Crippen LogP contribution < -0.4 is 0 Å². The van der Waals surface area contributed by atoms with E-state index in [1.807, 2.05) is 13.8 Å². The summed E-state index contributed by atoms with van der Waals surface area (Å²) in [6.07, 6.45) is -4.13. The molecule has 1 unspecified atom stereocenters. The van der Waals surface area contributed by atoms with Gasteiger partial charge in [-0.25, -0.2) is 8.78 Å². The van der Waals surface area contributed by atoms with E-state index in [2.05, 4.69) is 0 Å². The largest absolute Gasteiger partial charge is 0.386 e. The number of hydrogen-bond acceptors (Lipinski definition) is 2. The number of rotatable bonds is 5. The Labute approximate surface area is 65.8 Å². The minimum Gasteiger partial charge on any atom is -0.386 e. The lowest BCUT2D eigenvalue weighted by Gasteiger charge is -2.20. The van der Waals surface area contributed by atoms with Crippen molar-refractivity contribution in [3.63, 3.8) is 0 Å². The van der Waals surface area contributed by atoms with Gasteiger partial charge in [0, 0.05) is 6.54 Å². The molecule has 0 aromatic heterocycles. The van der Waals surface area contributed by atoms with Gasteiger partial charge in [-0.2, -0.15) is 0 Å². The monoisotopic (exact) mass is 167 g/mol. The van der Waals surface area contributed by atoms with Gasteiger partial charge in [0.2, 0.25) is 0 Å². The first-order chi connectivity index (χ1) is 5.11.